The molecule has 1 atom stereocenters. The number of Topliss-reactive ketones (excluding diaryl/α,β-unsaturated/α-hetero) is 1. The number of amides is 1. The molecule has 0 fully saturated rings. The van der Waals surface area contributed by atoms with Gasteiger partial charge in [-0.05, 0) is 36.2 Å². The second-order valence-electron chi connectivity index (χ2n) is 8.71. The fraction of sp³-hybridized carbons (Fsp3) is 0.207. The van der Waals surface area contributed by atoms with Gasteiger partial charge < -0.3 is 24.9 Å². The van der Waals surface area contributed by atoms with Crippen LogP contribution in [-0.2, 0) is 0 Å². The van der Waals surface area contributed by atoms with Gasteiger partial charge in [-0.15, -0.1) is 0 Å². The first-order valence-corrected chi connectivity index (χ1v) is 11.7. The maximum atomic E-state index is 13.1. The summed E-state index contributed by atoms with van der Waals surface area (Å²) in [5.41, 5.74) is 2.29. The fourth-order valence-electron chi connectivity index (χ4n) is 4.18. The fourth-order valence-corrected chi connectivity index (χ4v) is 4.18. The lowest BCUT2D eigenvalue weighted by molar-refractivity contribution is 0.0958. The molecule has 37 heavy (non-hydrogen) atoms. The van der Waals surface area contributed by atoms with Crippen molar-refractivity contribution in [2.75, 3.05) is 26.1 Å². The zero-order chi connectivity index (χ0) is 26.5. The molecule has 0 unspecified atom stereocenters. The molecule has 3 aromatic carbocycles. The number of carbonyl (C=O) groups excluding carboxylic acids is 2. The maximum Gasteiger partial charge on any atom is 0.261 e. The first-order chi connectivity index (χ1) is 17.8. The molecule has 4 rings (SSSR count). The highest BCUT2D eigenvalue weighted by molar-refractivity contribution is 6.07. The van der Waals surface area contributed by atoms with Crippen LogP contribution in [0.5, 0.6) is 11.5 Å². The lowest BCUT2D eigenvalue weighted by Crippen LogP contribution is -2.23. The third-order valence-electron chi connectivity index (χ3n) is 6.32. The van der Waals surface area contributed by atoms with E-state index in [0.717, 1.165) is 11.1 Å². The van der Waals surface area contributed by atoms with Crippen LogP contribution < -0.4 is 20.3 Å². The molecular formula is C29H28N2O6. The average molecular weight is 501 g/mol. The normalized spacial score (nSPS) is 11.7. The van der Waals surface area contributed by atoms with E-state index >= 15 is 0 Å². The Morgan fingerprint density at radius 2 is 1.68 bits per heavy atom. The van der Waals surface area contributed by atoms with Crippen LogP contribution >= 0.6 is 0 Å². The highest BCUT2D eigenvalue weighted by Gasteiger charge is 2.19. The molecule has 4 aromatic rings. The number of pyridine rings is 1. The number of rotatable bonds is 9. The number of aromatic amines is 1. The van der Waals surface area contributed by atoms with Gasteiger partial charge in [-0.25, -0.2) is 0 Å². The number of methoxy groups -OCH3 is 2. The zero-order valence-corrected chi connectivity index (χ0v) is 20.8. The van der Waals surface area contributed by atoms with Crippen molar-refractivity contribution in [3.8, 4) is 11.5 Å². The molecule has 0 aliphatic carbocycles. The van der Waals surface area contributed by atoms with E-state index in [2.05, 4.69) is 10.3 Å². The number of H-pyrrole nitrogens is 1. The number of aryl methyl sites for hydroxylation is 1. The second-order valence-corrected chi connectivity index (χ2v) is 8.71. The third-order valence-corrected chi connectivity index (χ3v) is 6.32. The molecule has 0 aliphatic heterocycles. The first kappa shape index (κ1) is 25.7. The molecule has 0 saturated carbocycles. The number of aliphatic hydroxyl groups excluding tert-OH is 1. The van der Waals surface area contributed by atoms with Crippen molar-refractivity contribution in [2.24, 2.45) is 0 Å². The van der Waals surface area contributed by atoms with E-state index in [1.54, 1.807) is 37.3 Å². The van der Waals surface area contributed by atoms with E-state index in [1.165, 1.54) is 20.3 Å². The minimum atomic E-state index is -0.608. The number of hydrogen-bond donors (Lipinski definition) is 3. The van der Waals surface area contributed by atoms with Gasteiger partial charge in [0, 0.05) is 35.0 Å². The average Bonchev–Trinajstić information content (AvgIpc) is 2.91. The SMILES string of the molecule is COc1cc2cc(C(=O)Nc3cc(C(=O)C[C@@H](CO)c4ccccc4)ccc3C)c(=O)[nH]c2cc1OC. The molecular weight excluding hydrogens is 472 g/mol. The number of benzene rings is 3. The van der Waals surface area contributed by atoms with Crippen LogP contribution in [0.15, 0.2) is 71.5 Å². The lowest BCUT2D eigenvalue weighted by atomic mass is 9.92. The number of ether oxygens (including phenoxy) is 2. The van der Waals surface area contributed by atoms with E-state index in [4.69, 9.17) is 9.47 Å². The van der Waals surface area contributed by atoms with Gasteiger partial charge in [-0.3, -0.25) is 14.4 Å². The number of carbonyl (C=O) groups is 2. The van der Waals surface area contributed by atoms with Crippen LogP contribution in [-0.4, -0.2) is 42.6 Å². The molecule has 190 valence electrons. The van der Waals surface area contributed by atoms with E-state index in [0.29, 0.717) is 33.7 Å². The highest BCUT2D eigenvalue weighted by atomic mass is 16.5. The van der Waals surface area contributed by atoms with Crippen LogP contribution in [0.2, 0.25) is 0 Å². The molecule has 0 saturated heterocycles. The Balaban J connectivity index is 1.59. The van der Waals surface area contributed by atoms with Gasteiger partial charge >= 0.3 is 0 Å². The lowest BCUT2D eigenvalue weighted by Gasteiger charge is -2.15. The summed E-state index contributed by atoms with van der Waals surface area (Å²) in [4.78, 5) is 41.5. The van der Waals surface area contributed by atoms with E-state index in [-0.39, 0.29) is 30.3 Å². The number of anilines is 1. The van der Waals surface area contributed by atoms with Gasteiger partial charge in [0.15, 0.2) is 17.3 Å². The van der Waals surface area contributed by atoms with Gasteiger partial charge in [-0.2, -0.15) is 0 Å². The number of aliphatic hydroxyl groups is 1. The van der Waals surface area contributed by atoms with Crippen molar-refractivity contribution in [1.82, 2.24) is 4.98 Å². The summed E-state index contributed by atoms with van der Waals surface area (Å²) < 4.78 is 10.6. The van der Waals surface area contributed by atoms with E-state index < -0.39 is 11.5 Å². The number of ketones is 1. The van der Waals surface area contributed by atoms with Crippen LogP contribution in [0.25, 0.3) is 10.9 Å². The van der Waals surface area contributed by atoms with Gasteiger partial charge in [0.2, 0.25) is 0 Å². The second kappa shape index (κ2) is 11.1. The Labute approximate surface area is 213 Å². The molecule has 0 spiro atoms. The molecule has 3 N–H and O–H groups in total. The zero-order valence-electron chi connectivity index (χ0n) is 20.8. The van der Waals surface area contributed by atoms with Crippen molar-refractivity contribution in [1.29, 1.82) is 0 Å². The van der Waals surface area contributed by atoms with Gasteiger partial charge in [0.1, 0.15) is 5.56 Å². The summed E-state index contributed by atoms with van der Waals surface area (Å²) in [6, 6.07) is 19.2. The summed E-state index contributed by atoms with van der Waals surface area (Å²) in [7, 11) is 3.00. The van der Waals surface area contributed by atoms with Gasteiger partial charge in [0.25, 0.3) is 11.5 Å². The first-order valence-electron chi connectivity index (χ1n) is 11.7. The molecule has 1 amide bonds. The standard InChI is InChI=1S/C29H28N2O6/c1-17-9-10-19(25(33)13-21(16-32)18-7-5-4-6-8-18)12-23(17)30-28(34)22-11-20-14-26(36-2)27(37-3)15-24(20)31-29(22)35/h4-12,14-15,21,32H,13,16H2,1-3H3,(H,30,34)(H,31,35)/t21-/m0/s1. The monoisotopic (exact) mass is 500 g/mol. The largest absolute Gasteiger partial charge is 0.493 e. The van der Waals surface area contributed by atoms with Gasteiger partial charge in [-0.1, -0.05) is 42.5 Å². The summed E-state index contributed by atoms with van der Waals surface area (Å²) in [6.45, 7) is 1.64. The topological polar surface area (TPSA) is 118 Å². The number of fused-ring (bicyclic) bond motifs is 1. The Kier molecular flexibility index (Phi) is 7.69. The summed E-state index contributed by atoms with van der Waals surface area (Å²) in [5.74, 6) is -0.186. The maximum absolute atomic E-state index is 13.1. The predicted octanol–water partition coefficient (Wildman–Crippen LogP) is 4.45. The summed E-state index contributed by atoms with van der Waals surface area (Å²) in [6.07, 6.45) is 0.118. The predicted molar refractivity (Wildman–Crippen MR) is 142 cm³/mol. The minimum absolute atomic E-state index is 0.0831. The Morgan fingerprint density at radius 3 is 2.35 bits per heavy atom. The number of hydrogen-bond acceptors (Lipinski definition) is 6. The quantitative estimate of drug-likeness (QED) is 0.292. The van der Waals surface area contributed by atoms with Crippen LogP contribution in [0.1, 0.15) is 44.2 Å². The van der Waals surface area contributed by atoms with Gasteiger partial charge in [0.05, 0.1) is 26.3 Å². The summed E-state index contributed by atoms with van der Waals surface area (Å²) in [5, 5.41) is 13.2. The molecule has 1 aromatic heterocycles. The van der Waals surface area contributed by atoms with Crippen molar-refractivity contribution in [3.05, 3.63) is 99.3 Å². The van der Waals surface area contributed by atoms with Crippen LogP contribution in [0.4, 0.5) is 5.69 Å². The van der Waals surface area contributed by atoms with Crippen molar-refractivity contribution in [2.45, 2.75) is 19.3 Å². The molecule has 0 bridgehead atoms. The van der Waals surface area contributed by atoms with Crippen molar-refractivity contribution in [3.63, 3.8) is 0 Å². The Hall–Kier alpha value is -4.43. The third kappa shape index (κ3) is 5.54. The van der Waals surface area contributed by atoms with Crippen molar-refractivity contribution < 1.29 is 24.2 Å². The summed E-state index contributed by atoms with van der Waals surface area (Å²) >= 11 is 0. The molecule has 1 heterocycles. The van der Waals surface area contributed by atoms with Crippen LogP contribution in [0, 0.1) is 6.92 Å². The molecule has 0 aliphatic rings. The Bertz CT molecular complexity index is 1510. The minimum Gasteiger partial charge on any atom is -0.493 e. The molecule has 0 radical (unpaired) electrons. The number of nitrogens with one attached hydrogen (secondary N) is 2. The smallest absolute Gasteiger partial charge is 0.261 e. The molecule has 8 nitrogen and oxygen atoms in total. The van der Waals surface area contributed by atoms with E-state index in [9.17, 15) is 19.5 Å². The van der Waals surface area contributed by atoms with Crippen molar-refractivity contribution >= 4 is 28.3 Å². The van der Waals surface area contributed by atoms with Crippen LogP contribution in [0.3, 0.4) is 0 Å². The van der Waals surface area contributed by atoms with E-state index in [1.807, 2.05) is 30.3 Å². The Morgan fingerprint density at radius 1 is 0.973 bits per heavy atom. The highest BCUT2D eigenvalue weighted by Crippen LogP contribution is 2.31. The molecule has 8 heteroatoms. The number of aromatic nitrogens is 1.